The molecule has 156 valence electrons. The number of para-hydroxylation sites is 1. The Kier molecular flexibility index (Phi) is 6.01. The van der Waals surface area contributed by atoms with Gasteiger partial charge in [0.25, 0.3) is 5.91 Å². The van der Waals surface area contributed by atoms with E-state index >= 15 is 0 Å². The summed E-state index contributed by atoms with van der Waals surface area (Å²) in [6.07, 6.45) is 1.58. The van der Waals surface area contributed by atoms with Crippen LogP contribution in [0, 0.1) is 5.82 Å². The lowest BCUT2D eigenvalue weighted by Gasteiger charge is -2.14. The Bertz CT molecular complexity index is 1200. The predicted molar refractivity (Wildman–Crippen MR) is 122 cm³/mol. The van der Waals surface area contributed by atoms with Gasteiger partial charge in [-0.2, -0.15) is 0 Å². The molecule has 3 aromatic rings. The fourth-order valence-corrected chi connectivity index (χ4v) is 4.27. The van der Waals surface area contributed by atoms with Gasteiger partial charge in [0.2, 0.25) is 0 Å². The number of benzene rings is 2. The Hall–Kier alpha value is -3.23. The first kappa shape index (κ1) is 21.0. The molecule has 0 radical (unpaired) electrons. The number of nitrogens with zero attached hydrogens (tertiary/aromatic N) is 1. The van der Waals surface area contributed by atoms with E-state index in [0.29, 0.717) is 28.6 Å². The van der Waals surface area contributed by atoms with E-state index in [4.69, 9.17) is 21.4 Å². The highest BCUT2D eigenvalue weighted by Gasteiger charge is 2.34. The molecular weight excluding hydrogens is 437 g/mol. The smallest absolute Gasteiger partial charge is 0.338 e. The van der Waals surface area contributed by atoms with Crippen molar-refractivity contribution in [3.8, 4) is 11.3 Å². The number of carbonyl (C=O) groups is 2. The van der Waals surface area contributed by atoms with E-state index in [0.717, 1.165) is 17.3 Å². The van der Waals surface area contributed by atoms with Crippen molar-refractivity contribution in [1.29, 1.82) is 0 Å². The molecule has 8 heteroatoms. The van der Waals surface area contributed by atoms with Gasteiger partial charge in [-0.3, -0.25) is 9.69 Å². The SMILES string of the molecule is CCOC(=O)c1ccc(-c2ccc(/C=C3\SC(=S)N(c4ccccc4F)C3=O)o2)cc1. The molecule has 0 atom stereocenters. The minimum absolute atomic E-state index is 0.121. The number of carbonyl (C=O) groups excluding carboxylic acids is 2. The van der Waals surface area contributed by atoms with Gasteiger partial charge < -0.3 is 9.15 Å². The maximum absolute atomic E-state index is 14.1. The molecule has 1 saturated heterocycles. The lowest BCUT2D eigenvalue weighted by molar-refractivity contribution is -0.113. The number of anilines is 1. The van der Waals surface area contributed by atoms with Gasteiger partial charge in [-0.15, -0.1) is 0 Å². The number of hydrogen-bond acceptors (Lipinski definition) is 6. The zero-order chi connectivity index (χ0) is 22.0. The summed E-state index contributed by atoms with van der Waals surface area (Å²) in [6, 6.07) is 16.3. The Morgan fingerprint density at radius 2 is 1.90 bits per heavy atom. The van der Waals surface area contributed by atoms with Crippen LogP contribution in [-0.4, -0.2) is 22.8 Å². The summed E-state index contributed by atoms with van der Waals surface area (Å²) in [4.78, 5) is 26.1. The monoisotopic (exact) mass is 453 g/mol. The average Bonchev–Trinajstić information content (AvgIpc) is 3.34. The fraction of sp³-hybridized carbons (Fsp3) is 0.0870. The number of rotatable bonds is 5. The third-order valence-electron chi connectivity index (χ3n) is 4.47. The molecular formula is C23H16FNO4S2. The summed E-state index contributed by atoms with van der Waals surface area (Å²) < 4.78 is 25.2. The summed E-state index contributed by atoms with van der Waals surface area (Å²) in [5.74, 6) is -0.278. The van der Waals surface area contributed by atoms with Crippen molar-refractivity contribution < 1.29 is 23.1 Å². The molecule has 2 aromatic carbocycles. The normalized spacial score (nSPS) is 15.0. The highest BCUT2D eigenvalue weighted by molar-refractivity contribution is 8.27. The van der Waals surface area contributed by atoms with Crippen molar-refractivity contribution in [2.24, 2.45) is 0 Å². The van der Waals surface area contributed by atoms with E-state index in [1.807, 2.05) is 0 Å². The van der Waals surface area contributed by atoms with Crippen LogP contribution in [0.25, 0.3) is 17.4 Å². The molecule has 2 heterocycles. The molecule has 31 heavy (non-hydrogen) atoms. The third-order valence-corrected chi connectivity index (χ3v) is 5.77. The molecule has 1 aliphatic rings. The van der Waals surface area contributed by atoms with Crippen molar-refractivity contribution in [1.82, 2.24) is 0 Å². The number of furan rings is 1. The first-order valence-electron chi connectivity index (χ1n) is 9.38. The lowest BCUT2D eigenvalue weighted by atomic mass is 10.1. The molecule has 5 nitrogen and oxygen atoms in total. The summed E-state index contributed by atoms with van der Waals surface area (Å²) in [5, 5.41) is 0. The molecule has 4 rings (SSSR count). The first-order valence-corrected chi connectivity index (χ1v) is 10.6. The molecule has 0 saturated carbocycles. The second kappa shape index (κ2) is 8.87. The van der Waals surface area contributed by atoms with Gasteiger partial charge in [-0.1, -0.05) is 48.2 Å². The van der Waals surface area contributed by atoms with Crippen LogP contribution in [0.4, 0.5) is 10.1 Å². The summed E-state index contributed by atoms with van der Waals surface area (Å²) in [7, 11) is 0. The second-order valence-electron chi connectivity index (χ2n) is 6.47. The van der Waals surface area contributed by atoms with Gasteiger partial charge in [-0.25, -0.2) is 9.18 Å². The number of thioether (sulfide) groups is 1. The standard InChI is InChI=1S/C23H16FNO4S2/c1-2-28-22(27)15-9-7-14(8-10-15)19-12-11-16(29-19)13-20-21(26)25(23(30)31-20)18-6-4-3-5-17(18)24/h3-13H,2H2,1H3/b20-13-. The van der Waals surface area contributed by atoms with Crippen molar-refractivity contribution in [2.75, 3.05) is 11.5 Å². The van der Waals surface area contributed by atoms with E-state index in [-0.39, 0.29) is 16.0 Å². The zero-order valence-corrected chi connectivity index (χ0v) is 18.0. The van der Waals surface area contributed by atoms with Gasteiger partial charge in [0.05, 0.1) is 22.8 Å². The fourth-order valence-electron chi connectivity index (χ4n) is 3.01. The number of amides is 1. The molecule has 1 aromatic heterocycles. The minimum atomic E-state index is -0.522. The van der Waals surface area contributed by atoms with Crippen molar-refractivity contribution >= 4 is 51.9 Å². The van der Waals surface area contributed by atoms with Crippen molar-refractivity contribution in [2.45, 2.75) is 6.92 Å². The maximum atomic E-state index is 14.1. The number of esters is 1. The Labute approximate surface area is 187 Å². The van der Waals surface area contributed by atoms with Gasteiger partial charge >= 0.3 is 5.97 Å². The van der Waals surface area contributed by atoms with Crippen molar-refractivity contribution in [3.05, 3.63) is 82.7 Å². The summed E-state index contributed by atoms with van der Waals surface area (Å²) in [6.45, 7) is 2.06. The molecule has 0 N–H and O–H groups in total. The summed E-state index contributed by atoms with van der Waals surface area (Å²) >= 11 is 6.36. The minimum Gasteiger partial charge on any atom is -0.462 e. The van der Waals surface area contributed by atoms with Crippen LogP contribution in [0.3, 0.4) is 0 Å². The van der Waals surface area contributed by atoms with Crippen molar-refractivity contribution in [3.63, 3.8) is 0 Å². The van der Waals surface area contributed by atoms with E-state index in [1.165, 1.54) is 17.0 Å². The first-order chi connectivity index (χ1) is 15.0. The van der Waals surface area contributed by atoms with Crippen LogP contribution < -0.4 is 4.90 Å². The molecule has 0 aliphatic carbocycles. The highest BCUT2D eigenvalue weighted by atomic mass is 32.2. The van der Waals surface area contributed by atoms with Crippen LogP contribution in [0.2, 0.25) is 0 Å². The van der Waals surface area contributed by atoms with Crippen LogP contribution in [0.15, 0.2) is 70.0 Å². The van der Waals surface area contributed by atoms with Gasteiger partial charge in [0, 0.05) is 11.6 Å². The van der Waals surface area contributed by atoms with E-state index < -0.39 is 11.7 Å². The Morgan fingerprint density at radius 1 is 1.16 bits per heavy atom. The average molecular weight is 454 g/mol. The summed E-state index contributed by atoms with van der Waals surface area (Å²) in [5.41, 5.74) is 1.34. The molecule has 0 bridgehead atoms. The third kappa shape index (κ3) is 4.30. The lowest BCUT2D eigenvalue weighted by Crippen LogP contribution is -2.28. The zero-order valence-electron chi connectivity index (χ0n) is 16.3. The number of ether oxygens (including phenoxy) is 1. The van der Waals surface area contributed by atoms with E-state index in [2.05, 4.69) is 0 Å². The van der Waals surface area contributed by atoms with Gasteiger partial charge in [0.1, 0.15) is 17.3 Å². The van der Waals surface area contributed by atoms with Crippen LogP contribution in [0.1, 0.15) is 23.0 Å². The Morgan fingerprint density at radius 3 is 2.61 bits per heavy atom. The van der Waals surface area contributed by atoms with Crippen LogP contribution in [-0.2, 0) is 9.53 Å². The van der Waals surface area contributed by atoms with Gasteiger partial charge in [-0.05, 0) is 43.3 Å². The molecule has 1 amide bonds. The number of thiocarbonyl (C=S) groups is 1. The van der Waals surface area contributed by atoms with E-state index in [1.54, 1.807) is 61.5 Å². The second-order valence-corrected chi connectivity index (χ2v) is 8.14. The Balaban J connectivity index is 1.55. The maximum Gasteiger partial charge on any atom is 0.338 e. The van der Waals surface area contributed by atoms with Gasteiger partial charge in [0.15, 0.2) is 4.32 Å². The quantitative estimate of drug-likeness (QED) is 0.282. The predicted octanol–water partition coefficient (Wildman–Crippen LogP) is 5.67. The van der Waals surface area contributed by atoms with E-state index in [9.17, 15) is 14.0 Å². The number of halogens is 1. The molecule has 1 aliphatic heterocycles. The number of hydrogen-bond donors (Lipinski definition) is 0. The largest absolute Gasteiger partial charge is 0.462 e. The topological polar surface area (TPSA) is 59.8 Å². The van der Waals surface area contributed by atoms with Crippen LogP contribution in [0.5, 0.6) is 0 Å². The highest BCUT2D eigenvalue weighted by Crippen LogP contribution is 2.37. The molecule has 1 fully saturated rings. The molecule has 0 unspecified atom stereocenters. The molecule has 0 spiro atoms. The van der Waals surface area contributed by atoms with Crippen LogP contribution >= 0.6 is 24.0 Å².